The van der Waals surface area contributed by atoms with E-state index < -0.39 is 8.32 Å². The third-order valence-corrected chi connectivity index (χ3v) is 11.1. The first-order valence-corrected chi connectivity index (χ1v) is 12.5. The Kier molecular flexibility index (Phi) is 5.11. The average molecular weight is 390 g/mol. The van der Waals surface area contributed by atoms with Gasteiger partial charge in [0.25, 0.3) is 0 Å². The van der Waals surface area contributed by atoms with Gasteiger partial charge in [-0.05, 0) is 41.6 Å². The number of carbonyl (C=O) groups is 1. The third kappa shape index (κ3) is 3.50. The molecule has 0 bridgehead atoms. The van der Waals surface area contributed by atoms with Gasteiger partial charge in [0.2, 0.25) is 5.91 Å². The van der Waals surface area contributed by atoms with E-state index in [1.807, 2.05) is 17.0 Å². The minimum absolute atomic E-state index is 0.0713. The van der Waals surface area contributed by atoms with Crippen LogP contribution in [0, 0.1) is 5.92 Å². The summed E-state index contributed by atoms with van der Waals surface area (Å²) in [5.74, 6) is 0.586. The van der Waals surface area contributed by atoms with Crippen molar-refractivity contribution in [2.45, 2.75) is 57.8 Å². The van der Waals surface area contributed by atoms with Gasteiger partial charge in [-0.15, -0.1) is 0 Å². The van der Waals surface area contributed by atoms with E-state index in [4.69, 9.17) is 15.4 Å². The first-order chi connectivity index (χ1) is 12.6. The summed E-state index contributed by atoms with van der Waals surface area (Å²) in [4.78, 5) is 14.6. The first kappa shape index (κ1) is 19.9. The van der Waals surface area contributed by atoms with E-state index in [1.54, 1.807) is 0 Å². The normalized spacial score (nSPS) is 22.9. The molecule has 1 aliphatic heterocycles. The molecule has 1 heterocycles. The van der Waals surface area contributed by atoms with Crippen LogP contribution in [0.3, 0.4) is 0 Å². The zero-order valence-electron chi connectivity index (χ0n) is 17.0. The number of amides is 1. The smallest absolute Gasteiger partial charge is 0.223 e. The van der Waals surface area contributed by atoms with E-state index >= 15 is 0 Å². The number of likely N-dealkylation sites (tertiary alicyclic amines) is 1. The molecule has 3 rings (SSSR count). The largest absolute Gasteiger partial charge is 0.415 e. The van der Waals surface area contributed by atoms with Crippen LogP contribution in [-0.2, 0) is 15.6 Å². The van der Waals surface area contributed by atoms with Gasteiger partial charge in [0.05, 0.1) is 12.6 Å². The number of nitrogens with two attached hydrogens (primary N) is 1. The van der Waals surface area contributed by atoms with Crippen molar-refractivity contribution < 1.29 is 14.4 Å². The number of hydrogen-bond donors (Lipinski definition) is 2. The summed E-state index contributed by atoms with van der Waals surface area (Å²) in [6.07, 6.45) is 1.34. The fourth-order valence-electron chi connectivity index (χ4n) is 4.01. The minimum atomic E-state index is -1.83. The van der Waals surface area contributed by atoms with Gasteiger partial charge >= 0.3 is 0 Å². The van der Waals surface area contributed by atoms with Gasteiger partial charge in [-0.25, -0.2) is 0 Å². The van der Waals surface area contributed by atoms with Crippen LogP contribution in [0.15, 0.2) is 23.4 Å². The van der Waals surface area contributed by atoms with Crippen LogP contribution >= 0.6 is 0 Å². The number of hydrogen-bond acceptors (Lipinski definition) is 4. The zero-order valence-corrected chi connectivity index (χ0v) is 18.0. The summed E-state index contributed by atoms with van der Waals surface area (Å²) in [5.41, 5.74) is 8.85. The highest BCUT2D eigenvalue weighted by Gasteiger charge is 2.46. The Morgan fingerprint density at radius 2 is 2.07 bits per heavy atom. The molecule has 1 saturated heterocycles. The van der Waals surface area contributed by atoms with E-state index in [9.17, 15) is 4.79 Å². The van der Waals surface area contributed by atoms with Gasteiger partial charge in [-0.2, -0.15) is 0 Å². The molecular formula is C20H31N3O3Si. The van der Waals surface area contributed by atoms with E-state index in [0.717, 1.165) is 23.1 Å². The Morgan fingerprint density at radius 3 is 2.70 bits per heavy atom. The van der Waals surface area contributed by atoms with Crippen LogP contribution in [0.25, 0.3) is 0 Å². The number of nitrogens with zero attached hydrogens (tertiary/aromatic N) is 2. The van der Waals surface area contributed by atoms with Crippen molar-refractivity contribution >= 4 is 20.1 Å². The summed E-state index contributed by atoms with van der Waals surface area (Å²) in [7, 11) is -1.83. The summed E-state index contributed by atoms with van der Waals surface area (Å²) < 4.78 is 6.29. The highest BCUT2D eigenvalue weighted by Crippen LogP contribution is 2.48. The Hall–Kier alpha value is -1.86. The number of rotatable bonds is 5. The molecule has 1 aromatic carbocycles. The van der Waals surface area contributed by atoms with Crippen LogP contribution < -0.4 is 5.73 Å². The summed E-state index contributed by atoms with van der Waals surface area (Å²) in [6.45, 7) is 12.3. The predicted molar refractivity (Wildman–Crippen MR) is 108 cm³/mol. The molecule has 27 heavy (non-hydrogen) atoms. The third-order valence-electron chi connectivity index (χ3n) is 6.52. The SMILES string of the molecule is CC(C)(C)[Si](C)(C)OCCN1C(=O)CC2Cc3c(C(N)=NO)cccc3C21. The molecule has 1 aliphatic carbocycles. The van der Waals surface area contributed by atoms with Gasteiger partial charge in [0.15, 0.2) is 14.2 Å². The molecular weight excluding hydrogens is 358 g/mol. The average Bonchev–Trinajstić information content (AvgIpc) is 3.08. The molecule has 0 radical (unpaired) electrons. The lowest BCUT2D eigenvalue weighted by molar-refractivity contribution is -0.129. The first-order valence-electron chi connectivity index (χ1n) is 9.60. The summed E-state index contributed by atoms with van der Waals surface area (Å²) in [6, 6.07) is 5.93. The molecule has 1 aromatic rings. The number of oxime groups is 1. The van der Waals surface area contributed by atoms with Crippen LogP contribution in [0.1, 0.15) is 49.9 Å². The van der Waals surface area contributed by atoms with Crippen molar-refractivity contribution in [3.05, 3.63) is 34.9 Å². The van der Waals surface area contributed by atoms with Gasteiger partial charge in [-0.1, -0.05) is 44.1 Å². The fraction of sp³-hybridized carbons (Fsp3) is 0.600. The number of fused-ring (bicyclic) bond motifs is 3. The molecule has 0 spiro atoms. The van der Waals surface area contributed by atoms with E-state index in [0.29, 0.717) is 19.6 Å². The topological polar surface area (TPSA) is 88.2 Å². The van der Waals surface area contributed by atoms with Gasteiger partial charge in [0.1, 0.15) is 0 Å². The maximum atomic E-state index is 12.6. The van der Waals surface area contributed by atoms with Crippen molar-refractivity contribution in [3.63, 3.8) is 0 Å². The van der Waals surface area contributed by atoms with E-state index in [-0.39, 0.29) is 28.7 Å². The Morgan fingerprint density at radius 1 is 1.37 bits per heavy atom. The van der Waals surface area contributed by atoms with Gasteiger partial charge < -0.3 is 20.3 Å². The summed E-state index contributed by atoms with van der Waals surface area (Å²) >= 11 is 0. The lowest BCUT2D eigenvalue weighted by Gasteiger charge is -2.37. The maximum absolute atomic E-state index is 12.6. The van der Waals surface area contributed by atoms with Crippen LogP contribution in [0.2, 0.25) is 18.1 Å². The molecule has 2 atom stereocenters. The molecule has 2 aliphatic rings. The maximum Gasteiger partial charge on any atom is 0.223 e. The molecule has 1 amide bonds. The monoisotopic (exact) mass is 389 g/mol. The van der Waals surface area contributed by atoms with Crippen molar-refractivity contribution in [2.24, 2.45) is 16.8 Å². The predicted octanol–water partition coefficient (Wildman–Crippen LogP) is 3.25. The molecule has 6 nitrogen and oxygen atoms in total. The van der Waals surface area contributed by atoms with Crippen molar-refractivity contribution in [1.82, 2.24) is 4.90 Å². The van der Waals surface area contributed by atoms with E-state index in [1.165, 1.54) is 0 Å². The molecule has 0 aromatic heterocycles. The lowest BCUT2D eigenvalue weighted by atomic mass is 10.0. The van der Waals surface area contributed by atoms with Crippen LogP contribution in [0.5, 0.6) is 0 Å². The zero-order chi connectivity index (χ0) is 20.0. The van der Waals surface area contributed by atoms with Gasteiger partial charge in [0, 0.05) is 18.5 Å². The second kappa shape index (κ2) is 6.94. The van der Waals surface area contributed by atoms with Crippen LogP contribution in [0.4, 0.5) is 0 Å². The number of benzene rings is 1. The van der Waals surface area contributed by atoms with Crippen molar-refractivity contribution in [1.29, 1.82) is 0 Å². The van der Waals surface area contributed by atoms with Gasteiger partial charge in [-0.3, -0.25) is 4.79 Å². The summed E-state index contributed by atoms with van der Waals surface area (Å²) in [5, 5.41) is 12.4. The minimum Gasteiger partial charge on any atom is -0.415 e. The lowest BCUT2D eigenvalue weighted by Crippen LogP contribution is -2.43. The molecule has 1 fully saturated rings. The highest BCUT2D eigenvalue weighted by atomic mass is 28.4. The van der Waals surface area contributed by atoms with E-state index in [2.05, 4.69) is 45.1 Å². The fourth-order valence-corrected chi connectivity index (χ4v) is 5.05. The van der Waals surface area contributed by atoms with Crippen LogP contribution in [-0.4, -0.2) is 43.3 Å². The molecule has 7 heteroatoms. The Balaban J connectivity index is 1.78. The van der Waals surface area contributed by atoms with Crippen molar-refractivity contribution in [3.8, 4) is 0 Å². The van der Waals surface area contributed by atoms with Crippen molar-refractivity contribution in [2.75, 3.05) is 13.2 Å². The second-order valence-corrected chi connectivity index (χ2v) is 14.0. The highest BCUT2D eigenvalue weighted by molar-refractivity contribution is 6.74. The molecule has 148 valence electrons. The Bertz CT molecular complexity index is 770. The standard InChI is InChI=1S/C20H31N3O3Si/c1-20(2,3)27(4,5)26-10-9-23-17(24)12-13-11-16-14(18(13)23)7-6-8-15(16)19(21)22-25/h6-8,13,18,25H,9-12H2,1-5H3,(H2,21,22). The molecule has 3 N–H and O–H groups in total. The number of amidine groups is 1. The number of carbonyl (C=O) groups excluding carboxylic acids is 1. The Labute approximate surface area is 162 Å². The second-order valence-electron chi connectivity index (χ2n) is 9.17. The quantitative estimate of drug-likeness (QED) is 0.266. The molecule has 2 unspecified atom stereocenters. The molecule has 0 saturated carbocycles.